The number of methoxy groups -OCH3 is 4. The van der Waals surface area contributed by atoms with Crippen molar-refractivity contribution < 1.29 is 23.7 Å². The van der Waals surface area contributed by atoms with Gasteiger partial charge in [0.2, 0.25) is 5.75 Å². The van der Waals surface area contributed by atoms with Crippen molar-refractivity contribution in [1.29, 1.82) is 0 Å². The molecule has 0 aliphatic rings. The van der Waals surface area contributed by atoms with E-state index in [1.165, 1.54) is 18.4 Å². The zero-order chi connectivity index (χ0) is 17.0. The number of hydrogen-bond acceptors (Lipinski definition) is 7. The van der Waals surface area contributed by atoms with Crippen molar-refractivity contribution in [3.05, 3.63) is 23.1 Å². The number of carbonyl (C=O) groups is 1. The molecule has 7 heteroatoms. The van der Waals surface area contributed by atoms with E-state index in [1.54, 1.807) is 28.4 Å². The van der Waals surface area contributed by atoms with Crippen LogP contribution in [0.1, 0.15) is 9.67 Å². The fourth-order valence-corrected chi connectivity index (χ4v) is 3.26. The first kappa shape index (κ1) is 17.0. The lowest BCUT2D eigenvalue weighted by Gasteiger charge is -2.13. The second-order valence-electron chi connectivity index (χ2n) is 4.51. The third-order valence-electron chi connectivity index (χ3n) is 3.32. The summed E-state index contributed by atoms with van der Waals surface area (Å²) in [6.45, 7) is 0. The predicted molar refractivity (Wildman–Crippen MR) is 90.3 cm³/mol. The summed E-state index contributed by atoms with van der Waals surface area (Å²) in [5.74, 6) is 1.26. The van der Waals surface area contributed by atoms with Crippen LogP contribution in [0.3, 0.4) is 0 Å². The lowest BCUT2D eigenvalue weighted by molar-refractivity contribution is 0.0607. The van der Waals surface area contributed by atoms with Crippen LogP contribution in [0.5, 0.6) is 17.2 Å². The molecule has 0 saturated carbocycles. The average Bonchev–Trinajstić information content (AvgIpc) is 3.03. The summed E-state index contributed by atoms with van der Waals surface area (Å²) in [7, 11) is 7.80. The van der Waals surface area contributed by atoms with E-state index >= 15 is 0 Å². The minimum atomic E-state index is -0.377. The van der Waals surface area contributed by atoms with Crippen molar-refractivity contribution in [2.75, 3.05) is 40.8 Å². The summed E-state index contributed by atoms with van der Waals surface area (Å²) in [5, 5.41) is 3.00. The van der Waals surface area contributed by atoms with Gasteiger partial charge in [0.15, 0.2) is 11.5 Å². The van der Waals surface area contributed by atoms with Crippen LogP contribution in [0, 0.1) is 0 Å². The molecule has 0 amide bonds. The smallest absolute Gasteiger partial charge is 0.350 e. The highest BCUT2D eigenvalue weighted by Gasteiger charge is 2.20. The molecule has 0 radical (unpaired) electrons. The van der Waals surface area contributed by atoms with E-state index in [0.717, 1.165) is 10.4 Å². The van der Waals surface area contributed by atoms with Crippen molar-refractivity contribution in [2.45, 2.75) is 0 Å². The molecule has 0 saturated heterocycles. The van der Waals surface area contributed by atoms with Crippen molar-refractivity contribution in [3.63, 3.8) is 0 Å². The maximum Gasteiger partial charge on any atom is 0.350 e. The number of thiophene rings is 1. The second kappa shape index (κ2) is 7.23. The molecule has 0 fully saturated rings. The van der Waals surface area contributed by atoms with Crippen LogP contribution in [0.4, 0.5) is 5.69 Å². The van der Waals surface area contributed by atoms with Gasteiger partial charge in [-0.25, -0.2) is 4.79 Å². The normalized spacial score (nSPS) is 10.1. The number of ether oxygens (including phenoxy) is 4. The maximum atomic E-state index is 11.9. The number of benzene rings is 1. The lowest BCUT2D eigenvalue weighted by atomic mass is 10.1. The van der Waals surface area contributed by atoms with Gasteiger partial charge < -0.3 is 24.3 Å². The highest BCUT2D eigenvalue weighted by Crippen LogP contribution is 2.44. The fourth-order valence-electron chi connectivity index (χ4n) is 2.19. The van der Waals surface area contributed by atoms with E-state index in [1.807, 2.05) is 18.2 Å². The van der Waals surface area contributed by atoms with E-state index in [4.69, 9.17) is 18.9 Å². The Labute approximate surface area is 138 Å². The van der Waals surface area contributed by atoms with Gasteiger partial charge in [0, 0.05) is 11.9 Å². The molecule has 1 aromatic carbocycles. The Balaban J connectivity index is 2.58. The van der Waals surface area contributed by atoms with Crippen LogP contribution in [-0.2, 0) is 4.74 Å². The van der Waals surface area contributed by atoms with Gasteiger partial charge in [-0.15, -0.1) is 11.3 Å². The number of esters is 1. The zero-order valence-electron chi connectivity index (χ0n) is 13.7. The van der Waals surface area contributed by atoms with Gasteiger partial charge in [-0.1, -0.05) is 0 Å². The highest BCUT2D eigenvalue weighted by atomic mass is 32.1. The van der Waals surface area contributed by atoms with Gasteiger partial charge in [0.05, 0.1) is 34.1 Å². The monoisotopic (exact) mass is 337 g/mol. The van der Waals surface area contributed by atoms with E-state index in [0.29, 0.717) is 27.8 Å². The highest BCUT2D eigenvalue weighted by molar-refractivity contribution is 7.18. The molecule has 0 aliphatic heterocycles. The van der Waals surface area contributed by atoms with Crippen LogP contribution in [-0.4, -0.2) is 41.5 Å². The zero-order valence-corrected chi connectivity index (χ0v) is 14.5. The molecule has 0 bridgehead atoms. The summed E-state index contributed by atoms with van der Waals surface area (Å²) in [5.41, 5.74) is 1.57. The van der Waals surface area contributed by atoms with Gasteiger partial charge in [-0.3, -0.25) is 0 Å². The number of nitrogens with one attached hydrogen (secondary N) is 1. The second-order valence-corrected chi connectivity index (χ2v) is 5.56. The first-order valence-electron chi connectivity index (χ1n) is 6.79. The number of anilines is 1. The van der Waals surface area contributed by atoms with E-state index in [9.17, 15) is 4.79 Å². The van der Waals surface area contributed by atoms with Crippen LogP contribution in [0.2, 0.25) is 0 Å². The number of rotatable bonds is 6. The molecule has 124 valence electrons. The summed E-state index contributed by atoms with van der Waals surface area (Å²) in [4.78, 5) is 13.3. The summed E-state index contributed by atoms with van der Waals surface area (Å²) in [6, 6.07) is 5.57. The third-order valence-corrected chi connectivity index (χ3v) is 4.49. The maximum absolute atomic E-state index is 11.9. The molecule has 1 heterocycles. The van der Waals surface area contributed by atoms with Crippen LogP contribution < -0.4 is 19.5 Å². The van der Waals surface area contributed by atoms with Crippen molar-refractivity contribution in [3.8, 4) is 27.7 Å². The Morgan fingerprint density at radius 2 is 1.61 bits per heavy atom. The molecule has 1 N–H and O–H groups in total. The molecule has 0 unspecified atom stereocenters. The molecule has 0 atom stereocenters. The minimum Gasteiger partial charge on any atom is -0.493 e. The van der Waals surface area contributed by atoms with E-state index < -0.39 is 0 Å². The van der Waals surface area contributed by atoms with Crippen LogP contribution >= 0.6 is 11.3 Å². The Morgan fingerprint density at radius 1 is 1.00 bits per heavy atom. The Kier molecular flexibility index (Phi) is 5.33. The predicted octanol–water partition coefficient (Wildman–Crippen LogP) is 3.27. The van der Waals surface area contributed by atoms with E-state index in [-0.39, 0.29) is 5.97 Å². The largest absolute Gasteiger partial charge is 0.493 e. The van der Waals surface area contributed by atoms with Gasteiger partial charge in [0.25, 0.3) is 0 Å². The van der Waals surface area contributed by atoms with E-state index in [2.05, 4.69) is 5.32 Å². The first-order chi connectivity index (χ1) is 11.1. The summed E-state index contributed by atoms with van der Waals surface area (Å²) < 4.78 is 20.9. The quantitative estimate of drug-likeness (QED) is 0.816. The van der Waals surface area contributed by atoms with Gasteiger partial charge >= 0.3 is 5.97 Å². The first-order valence-corrected chi connectivity index (χ1v) is 7.61. The summed E-state index contributed by atoms with van der Waals surface area (Å²) >= 11 is 1.33. The Bertz CT molecular complexity index is 685. The van der Waals surface area contributed by atoms with Gasteiger partial charge in [-0.2, -0.15) is 0 Å². The lowest BCUT2D eigenvalue weighted by Crippen LogP contribution is -2.01. The molecule has 1 aromatic heterocycles. The molecule has 0 aliphatic carbocycles. The average molecular weight is 337 g/mol. The third kappa shape index (κ3) is 3.19. The molecule has 2 aromatic rings. The molecular weight excluding hydrogens is 318 g/mol. The van der Waals surface area contributed by atoms with Gasteiger partial charge in [-0.05, 0) is 23.8 Å². The number of hydrogen-bond donors (Lipinski definition) is 1. The SMILES string of the molecule is CNc1cc(-c2cc(OC)c(OC)c(OC)c2)sc1C(=O)OC. The minimum absolute atomic E-state index is 0.377. The summed E-state index contributed by atoms with van der Waals surface area (Å²) in [6.07, 6.45) is 0. The van der Waals surface area contributed by atoms with Crippen molar-refractivity contribution >= 4 is 23.0 Å². The van der Waals surface area contributed by atoms with Crippen LogP contribution in [0.15, 0.2) is 18.2 Å². The van der Waals surface area contributed by atoms with Gasteiger partial charge in [0.1, 0.15) is 4.88 Å². The molecule has 23 heavy (non-hydrogen) atoms. The Hall–Kier alpha value is -2.41. The topological polar surface area (TPSA) is 66.0 Å². The fraction of sp³-hybridized carbons (Fsp3) is 0.312. The molecule has 2 rings (SSSR count). The molecule has 0 spiro atoms. The molecule has 6 nitrogen and oxygen atoms in total. The standard InChI is InChI=1S/C16H19NO5S/c1-17-10-8-13(23-15(10)16(18)22-5)9-6-11(19-2)14(21-4)12(7-9)20-3/h6-8,17H,1-5H3. The number of carbonyl (C=O) groups excluding carboxylic acids is 1. The van der Waals surface area contributed by atoms with Crippen molar-refractivity contribution in [1.82, 2.24) is 0 Å². The van der Waals surface area contributed by atoms with Crippen LogP contribution in [0.25, 0.3) is 10.4 Å². The Morgan fingerprint density at radius 3 is 2.04 bits per heavy atom. The van der Waals surface area contributed by atoms with Crippen molar-refractivity contribution in [2.24, 2.45) is 0 Å². The molecular formula is C16H19NO5S.